The first kappa shape index (κ1) is 11.2. The largest absolute Gasteiger partial charge is 0.351 e. The van der Waals surface area contributed by atoms with Gasteiger partial charge in [0, 0.05) is 5.56 Å². The van der Waals surface area contributed by atoms with Crippen molar-refractivity contribution in [3.8, 4) is 0 Å². The third-order valence-corrected chi connectivity index (χ3v) is 1.89. The number of nitrogens with one attached hydrogen (secondary N) is 1. The van der Waals surface area contributed by atoms with Crippen molar-refractivity contribution in [2.45, 2.75) is 6.42 Å². The van der Waals surface area contributed by atoms with Crippen LogP contribution in [-0.2, 0) is 6.42 Å². The highest BCUT2D eigenvalue weighted by Gasteiger charge is 2.06. The van der Waals surface area contributed by atoms with Gasteiger partial charge in [-0.2, -0.15) is 0 Å². The third-order valence-electron chi connectivity index (χ3n) is 1.89. The number of nitrogens with two attached hydrogens (primary N) is 2. The summed E-state index contributed by atoms with van der Waals surface area (Å²) < 4.78 is 0. The molecule has 15 heavy (non-hydrogen) atoms. The minimum Gasteiger partial charge on any atom is -0.351 e. The van der Waals surface area contributed by atoms with Gasteiger partial charge < -0.3 is 11.5 Å². The van der Waals surface area contributed by atoms with Crippen molar-refractivity contribution in [3.05, 3.63) is 35.4 Å². The lowest BCUT2D eigenvalue weighted by molar-refractivity contribution is 0.0966. The first-order valence-electron chi connectivity index (χ1n) is 4.53. The van der Waals surface area contributed by atoms with Gasteiger partial charge in [-0.05, 0) is 30.7 Å². The fraction of sp³-hybridized carbons (Fsp3) is 0.200. The number of imide groups is 1. The lowest BCUT2D eigenvalue weighted by atomic mass is 10.1. The Morgan fingerprint density at radius 2 is 1.80 bits per heavy atom. The minimum absolute atomic E-state index is 0.398. The van der Waals surface area contributed by atoms with Crippen LogP contribution in [0.3, 0.4) is 0 Å². The maximum atomic E-state index is 11.3. The van der Waals surface area contributed by atoms with Crippen LogP contribution in [-0.4, -0.2) is 18.5 Å². The standard InChI is InChI=1S/C10H13N3O2/c11-6-5-7-1-3-8(4-2-7)9(14)13-10(12)15/h1-4H,5-6,11H2,(H3,12,13,14,15). The zero-order valence-electron chi connectivity index (χ0n) is 8.19. The van der Waals surface area contributed by atoms with E-state index in [9.17, 15) is 9.59 Å². The van der Waals surface area contributed by atoms with Gasteiger partial charge in [-0.25, -0.2) is 4.79 Å². The fourth-order valence-electron chi connectivity index (χ4n) is 1.17. The van der Waals surface area contributed by atoms with Gasteiger partial charge in [-0.3, -0.25) is 10.1 Å². The van der Waals surface area contributed by atoms with Crippen molar-refractivity contribution in [1.29, 1.82) is 0 Å². The summed E-state index contributed by atoms with van der Waals surface area (Å²) in [6, 6.07) is 5.99. The zero-order valence-corrected chi connectivity index (χ0v) is 8.19. The van der Waals surface area contributed by atoms with Crippen molar-refractivity contribution in [3.63, 3.8) is 0 Å². The van der Waals surface area contributed by atoms with Gasteiger partial charge in [0.2, 0.25) is 0 Å². The second-order valence-electron chi connectivity index (χ2n) is 3.05. The molecule has 1 rings (SSSR count). The van der Waals surface area contributed by atoms with E-state index >= 15 is 0 Å². The van der Waals surface area contributed by atoms with Crippen LogP contribution < -0.4 is 16.8 Å². The van der Waals surface area contributed by atoms with Gasteiger partial charge in [0.1, 0.15) is 0 Å². The number of carbonyl (C=O) groups is 2. The number of benzene rings is 1. The molecule has 0 aliphatic carbocycles. The Labute approximate surface area is 87.4 Å². The SMILES string of the molecule is NCCc1ccc(C(=O)NC(N)=O)cc1. The van der Waals surface area contributed by atoms with Crippen molar-refractivity contribution >= 4 is 11.9 Å². The van der Waals surface area contributed by atoms with Gasteiger partial charge in [0.05, 0.1) is 0 Å². The molecular formula is C10H13N3O2. The molecule has 5 nitrogen and oxygen atoms in total. The highest BCUT2D eigenvalue weighted by Crippen LogP contribution is 2.04. The van der Waals surface area contributed by atoms with E-state index in [-0.39, 0.29) is 0 Å². The highest BCUT2D eigenvalue weighted by atomic mass is 16.2. The molecule has 0 fully saturated rings. The molecule has 0 atom stereocenters. The summed E-state index contributed by atoms with van der Waals surface area (Å²) in [5.41, 5.74) is 11.7. The van der Waals surface area contributed by atoms with Crippen molar-refractivity contribution < 1.29 is 9.59 Å². The number of hydrogen-bond acceptors (Lipinski definition) is 3. The molecule has 0 heterocycles. The van der Waals surface area contributed by atoms with Gasteiger partial charge in [-0.1, -0.05) is 12.1 Å². The van der Waals surface area contributed by atoms with Gasteiger partial charge in [0.25, 0.3) is 5.91 Å². The molecular weight excluding hydrogens is 194 g/mol. The van der Waals surface area contributed by atoms with E-state index in [1.165, 1.54) is 0 Å². The molecule has 0 saturated heterocycles. The Bertz CT molecular complexity index is 359. The van der Waals surface area contributed by atoms with E-state index in [0.29, 0.717) is 12.1 Å². The molecule has 3 amide bonds. The first-order valence-corrected chi connectivity index (χ1v) is 4.53. The molecule has 5 heteroatoms. The van der Waals surface area contributed by atoms with E-state index in [1.807, 2.05) is 5.32 Å². The van der Waals surface area contributed by atoms with Crippen molar-refractivity contribution in [2.24, 2.45) is 11.5 Å². The van der Waals surface area contributed by atoms with Crippen LogP contribution in [0.25, 0.3) is 0 Å². The summed E-state index contributed by atoms with van der Waals surface area (Å²) in [5, 5.41) is 1.99. The van der Waals surface area contributed by atoms with E-state index < -0.39 is 11.9 Å². The predicted molar refractivity (Wildman–Crippen MR) is 56.3 cm³/mol. The second kappa shape index (κ2) is 5.11. The van der Waals surface area contributed by atoms with Crippen LogP contribution in [0.4, 0.5) is 4.79 Å². The summed E-state index contributed by atoms with van der Waals surface area (Å²) in [6.45, 7) is 0.562. The molecule has 0 aliphatic heterocycles. The molecule has 1 aromatic rings. The average molecular weight is 207 g/mol. The Balaban J connectivity index is 2.71. The zero-order chi connectivity index (χ0) is 11.3. The second-order valence-corrected chi connectivity index (χ2v) is 3.05. The number of rotatable bonds is 3. The number of amides is 3. The van der Waals surface area contributed by atoms with Crippen LogP contribution in [0.5, 0.6) is 0 Å². The molecule has 0 aromatic heterocycles. The summed E-state index contributed by atoms with van der Waals surface area (Å²) in [6.07, 6.45) is 0.762. The highest BCUT2D eigenvalue weighted by molar-refractivity contribution is 6.03. The molecule has 5 N–H and O–H groups in total. The molecule has 0 radical (unpaired) electrons. The Hall–Kier alpha value is -1.88. The van der Waals surface area contributed by atoms with Gasteiger partial charge >= 0.3 is 6.03 Å². The number of hydrogen-bond donors (Lipinski definition) is 3. The maximum Gasteiger partial charge on any atom is 0.319 e. The lowest BCUT2D eigenvalue weighted by Crippen LogP contribution is -2.34. The fourth-order valence-corrected chi connectivity index (χ4v) is 1.17. The summed E-state index contributed by atoms with van der Waals surface area (Å²) in [4.78, 5) is 21.7. The third kappa shape index (κ3) is 3.40. The van der Waals surface area contributed by atoms with Crippen LogP contribution in [0.2, 0.25) is 0 Å². The summed E-state index contributed by atoms with van der Waals surface area (Å²) in [5.74, 6) is -0.498. The molecule has 1 aromatic carbocycles. The van der Waals surface area contributed by atoms with Crippen molar-refractivity contribution in [2.75, 3.05) is 6.54 Å². The van der Waals surface area contributed by atoms with E-state index in [2.05, 4.69) is 0 Å². The van der Waals surface area contributed by atoms with E-state index in [4.69, 9.17) is 11.5 Å². The van der Waals surface area contributed by atoms with Crippen LogP contribution >= 0.6 is 0 Å². The van der Waals surface area contributed by atoms with E-state index in [0.717, 1.165) is 12.0 Å². The Morgan fingerprint density at radius 1 is 1.20 bits per heavy atom. The molecule has 0 bridgehead atoms. The molecule has 0 aliphatic rings. The smallest absolute Gasteiger partial charge is 0.319 e. The van der Waals surface area contributed by atoms with Crippen LogP contribution in [0.15, 0.2) is 24.3 Å². The number of urea groups is 1. The minimum atomic E-state index is -0.856. The molecule has 80 valence electrons. The maximum absolute atomic E-state index is 11.3. The first-order chi connectivity index (χ1) is 7.13. The quantitative estimate of drug-likeness (QED) is 0.650. The number of primary amides is 1. The van der Waals surface area contributed by atoms with E-state index in [1.54, 1.807) is 24.3 Å². The topological polar surface area (TPSA) is 98.2 Å². The monoisotopic (exact) mass is 207 g/mol. The Kier molecular flexibility index (Phi) is 3.82. The van der Waals surface area contributed by atoms with Crippen molar-refractivity contribution in [1.82, 2.24) is 5.32 Å². The predicted octanol–water partition coefficient (Wildman–Crippen LogP) is -0.00370. The molecule has 0 spiro atoms. The molecule has 0 unspecified atom stereocenters. The number of carbonyl (C=O) groups excluding carboxylic acids is 2. The lowest BCUT2D eigenvalue weighted by Gasteiger charge is -2.02. The average Bonchev–Trinajstić information content (AvgIpc) is 2.18. The Morgan fingerprint density at radius 3 is 2.27 bits per heavy atom. The van der Waals surface area contributed by atoms with Crippen LogP contribution in [0.1, 0.15) is 15.9 Å². The molecule has 0 saturated carbocycles. The van der Waals surface area contributed by atoms with Gasteiger partial charge in [-0.15, -0.1) is 0 Å². The van der Waals surface area contributed by atoms with Crippen LogP contribution in [0, 0.1) is 0 Å². The normalized spacial score (nSPS) is 9.67. The summed E-state index contributed by atoms with van der Waals surface area (Å²) >= 11 is 0. The summed E-state index contributed by atoms with van der Waals surface area (Å²) in [7, 11) is 0. The van der Waals surface area contributed by atoms with Gasteiger partial charge in [0.15, 0.2) is 0 Å².